The van der Waals surface area contributed by atoms with Gasteiger partial charge < -0.3 is 15.4 Å². The average molecular weight is 305 g/mol. The summed E-state index contributed by atoms with van der Waals surface area (Å²) >= 11 is 0. The van der Waals surface area contributed by atoms with E-state index in [-0.39, 0.29) is 17.8 Å². The Morgan fingerprint density at radius 1 is 1.25 bits per heavy atom. The smallest absolute Gasteiger partial charge is 0.251 e. The second-order valence-corrected chi connectivity index (χ2v) is 7.44. The molecule has 1 amide bonds. The predicted molar refractivity (Wildman–Crippen MR) is 74.6 cm³/mol. The second kappa shape index (κ2) is 6.38. The van der Waals surface area contributed by atoms with Gasteiger partial charge in [-0.25, -0.2) is 8.42 Å². The number of carbonyl (C=O) groups excluding carboxylic acids is 1. The van der Waals surface area contributed by atoms with E-state index in [4.69, 9.17) is 10.5 Å². The van der Waals surface area contributed by atoms with Crippen molar-refractivity contribution in [2.24, 2.45) is 5.73 Å². The van der Waals surface area contributed by atoms with E-state index in [9.17, 15) is 13.2 Å². The van der Waals surface area contributed by atoms with Gasteiger partial charge in [-0.2, -0.15) is 4.31 Å². The molecule has 2 aliphatic rings. The molecule has 20 heavy (non-hydrogen) atoms. The van der Waals surface area contributed by atoms with Gasteiger partial charge in [0, 0.05) is 32.7 Å². The van der Waals surface area contributed by atoms with Crippen molar-refractivity contribution in [3.05, 3.63) is 0 Å². The second-order valence-electron chi connectivity index (χ2n) is 5.18. The molecule has 0 aromatic heterocycles. The first-order valence-corrected chi connectivity index (χ1v) is 8.71. The Balaban J connectivity index is 1.86. The van der Waals surface area contributed by atoms with Crippen molar-refractivity contribution in [2.75, 3.05) is 38.5 Å². The number of nitrogens with zero attached hydrogens (tertiary/aromatic N) is 2. The summed E-state index contributed by atoms with van der Waals surface area (Å²) in [7, 11) is -3.15. The summed E-state index contributed by atoms with van der Waals surface area (Å²) in [6.07, 6.45) is 1.09. The molecule has 2 rings (SSSR count). The molecule has 2 atom stereocenters. The molecule has 0 unspecified atom stereocenters. The third kappa shape index (κ3) is 3.30. The van der Waals surface area contributed by atoms with Gasteiger partial charge in [-0.3, -0.25) is 4.79 Å². The summed E-state index contributed by atoms with van der Waals surface area (Å²) in [5, 5.41) is 0. The Hall–Kier alpha value is -0.700. The summed E-state index contributed by atoms with van der Waals surface area (Å²) in [5.41, 5.74) is 5.53. The Bertz CT molecular complexity index is 446. The fraction of sp³-hybridized carbons (Fsp3) is 0.917. The number of hydrogen-bond donors (Lipinski definition) is 1. The summed E-state index contributed by atoms with van der Waals surface area (Å²) in [6.45, 7) is 3.68. The molecule has 116 valence electrons. The quantitative estimate of drug-likeness (QED) is 0.718. The maximum absolute atomic E-state index is 12.3. The van der Waals surface area contributed by atoms with Crippen molar-refractivity contribution in [2.45, 2.75) is 32.0 Å². The standard InChI is InChI=1S/C12H23N3O4S/c1-2-20(17,18)15-7-5-14(6-8-15)12(16)11-4-3-10(9-13)19-11/h10-11H,2-9,13H2,1H3/t10-,11+/m1/s1. The van der Waals surface area contributed by atoms with Crippen molar-refractivity contribution in [3.63, 3.8) is 0 Å². The number of carbonyl (C=O) groups is 1. The number of nitrogens with two attached hydrogens (primary N) is 1. The topological polar surface area (TPSA) is 92.9 Å². The molecule has 0 aromatic rings. The van der Waals surface area contributed by atoms with Crippen molar-refractivity contribution in [1.29, 1.82) is 0 Å². The van der Waals surface area contributed by atoms with Gasteiger partial charge in [0.2, 0.25) is 10.0 Å². The van der Waals surface area contributed by atoms with Crippen LogP contribution in [0.25, 0.3) is 0 Å². The monoisotopic (exact) mass is 305 g/mol. The minimum Gasteiger partial charge on any atom is -0.364 e. The zero-order valence-electron chi connectivity index (χ0n) is 11.8. The molecule has 0 aromatic carbocycles. The van der Waals surface area contributed by atoms with E-state index < -0.39 is 16.1 Å². The summed E-state index contributed by atoms with van der Waals surface area (Å²) in [4.78, 5) is 14.0. The van der Waals surface area contributed by atoms with Crippen LogP contribution in [0.2, 0.25) is 0 Å². The number of sulfonamides is 1. The van der Waals surface area contributed by atoms with Crippen LogP contribution in [0.1, 0.15) is 19.8 Å². The third-order valence-corrected chi connectivity index (χ3v) is 5.84. The molecule has 7 nitrogen and oxygen atoms in total. The first-order valence-electron chi connectivity index (χ1n) is 7.10. The lowest BCUT2D eigenvalue weighted by molar-refractivity contribution is -0.143. The van der Waals surface area contributed by atoms with Gasteiger partial charge in [-0.1, -0.05) is 0 Å². The van der Waals surface area contributed by atoms with E-state index in [0.717, 1.165) is 6.42 Å². The van der Waals surface area contributed by atoms with Gasteiger partial charge in [0.05, 0.1) is 11.9 Å². The van der Waals surface area contributed by atoms with Crippen LogP contribution in [-0.4, -0.2) is 74.2 Å². The minimum atomic E-state index is -3.15. The normalized spacial score (nSPS) is 28.8. The predicted octanol–water partition coefficient (Wildman–Crippen LogP) is -1.01. The van der Waals surface area contributed by atoms with E-state index in [1.54, 1.807) is 11.8 Å². The lowest BCUT2D eigenvalue weighted by atomic mass is 10.1. The highest BCUT2D eigenvalue weighted by Gasteiger charge is 2.35. The lowest BCUT2D eigenvalue weighted by Crippen LogP contribution is -2.53. The van der Waals surface area contributed by atoms with Crippen LogP contribution >= 0.6 is 0 Å². The highest BCUT2D eigenvalue weighted by atomic mass is 32.2. The summed E-state index contributed by atoms with van der Waals surface area (Å²) in [5.74, 6) is 0.0692. The number of hydrogen-bond acceptors (Lipinski definition) is 5. The van der Waals surface area contributed by atoms with Gasteiger partial charge in [0.1, 0.15) is 6.10 Å². The van der Waals surface area contributed by atoms with Crippen LogP contribution < -0.4 is 5.73 Å². The molecule has 2 aliphatic heterocycles. The molecule has 0 radical (unpaired) electrons. The SMILES string of the molecule is CCS(=O)(=O)N1CCN(C(=O)[C@@H]2CC[C@H](CN)O2)CC1. The van der Waals surface area contributed by atoms with Gasteiger partial charge in [0.25, 0.3) is 5.91 Å². The molecular weight excluding hydrogens is 282 g/mol. The number of rotatable bonds is 4. The van der Waals surface area contributed by atoms with Crippen LogP contribution in [0.15, 0.2) is 0 Å². The number of ether oxygens (including phenoxy) is 1. The Morgan fingerprint density at radius 2 is 1.90 bits per heavy atom. The molecule has 8 heteroatoms. The van der Waals surface area contributed by atoms with Crippen LogP contribution in [0.4, 0.5) is 0 Å². The first-order chi connectivity index (χ1) is 9.47. The van der Waals surface area contributed by atoms with E-state index in [2.05, 4.69) is 0 Å². The van der Waals surface area contributed by atoms with E-state index in [1.807, 2.05) is 0 Å². The van der Waals surface area contributed by atoms with E-state index in [0.29, 0.717) is 39.1 Å². The molecule has 0 spiro atoms. The molecule has 2 N–H and O–H groups in total. The molecular formula is C12H23N3O4S. The Morgan fingerprint density at radius 3 is 2.40 bits per heavy atom. The average Bonchev–Trinajstić information content (AvgIpc) is 2.95. The zero-order chi connectivity index (χ0) is 14.8. The maximum Gasteiger partial charge on any atom is 0.251 e. The number of piperazine rings is 1. The van der Waals surface area contributed by atoms with Crippen LogP contribution in [0.3, 0.4) is 0 Å². The van der Waals surface area contributed by atoms with Crippen LogP contribution in [0, 0.1) is 0 Å². The van der Waals surface area contributed by atoms with Crippen molar-refractivity contribution >= 4 is 15.9 Å². The highest BCUT2D eigenvalue weighted by molar-refractivity contribution is 7.89. The maximum atomic E-state index is 12.3. The Labute approximate surface area is 120 Å². The Kier molecular flexibility index (Phi) is 5.00. The minimum absolute atomic E-state index is 0.0225. The van der Waals surface area contributed by atoms with Gasteiger partial charge in [0.15, 0.2) is 0 Å². The lowest BCUT2D eigenvalue weighted by Gasteiger charge is -2.35. The molecule has 0 bridgehead atoms. The highest BCUT2D eigenvalue weighted by Crippen LogP contribution is 2.21. The molecule has 2 saturated heterocycles. The largest absolute Gasteiger partial charge is 0.364 e. The molecule has 2 fully saturated rings. The fourth-order valence-corrected chi connectivity index (χ4v) is 3.72. The third-order valence-electron chi connectivity index (χ3n) is 3.95. The van der Waals surface area contributed by atoms with E-state index in [1.165, 1.54) is 4.31 Å². The van der Waals surface area contributed by atoms with Crippen LogP contribution in [0.5, 0.6) is 0 Å². The van der Waals surface area contributed by atoms with E-state index >= 15 is 0 Å². The fourth-order valence-electron chi connectivity index (χ4n) is 2.63. The van der Waals surface area contributed by atoms with Crippen LogP contribution in [-0.2, 0) is 19.6 Å². The van der Waals surface area contributed by atoms with Crippen molar-refractivity contribution in [1.82, 2.24) is 9.21 Å². The summed E-state index contributed by atoms with van der Waals surface area (Å²) < 4.78 is 30.6. The van der Waals surface area contributed by atoms with Gasteiger partial charge in [-0.05, 0) is 19.8 Å². The van der Waals surface area contributed by atoms with Crippen molar-refractivity contribution in [3.8, 4) is 0 Å². The first kappa shape index (κ1) is 15.7. The molecule has 0 saturated carbocycles. The number of amides is 1. The van der Waals surface area contributed by atoms with Gasteiger partial charge in [-0.15, -0.1) is 0 Å². The zero-order valence-corrected chi connectivity index (χ0v) is 12.6. The summed E-state index contributed by atoms with van der Waals surface area (Å²) in [6, 6.07) is 0. The molecule has 2 heterocycles. The van der Waals surface area contributed by atoms with Gasteiger partial charge >= 0.3 is 0 Å². The molecule has 0 aliphatic carbocycles. The van der Waals surface area contributed by atoms with Crippen molar-refractivity contribution < 1.29 is 17.9 Å².